The fourth-order valence-electron chi connectivity index (χ4n) is 7.83. The third-order valence-electron chi connectivity index (χ3n) is 10.4. The zero-order chi connectivity index (χ0) is 35.2. The first kappa shape index (κ1) is 30.7. The van der Waals surface area contributed by atoms with Crippen LogP contribution in [0.1, 0.15) is 38.8 Å². The number of aliphatic imine (C=N–C) groups is 2. The Morgan fingerprint density at radius 3 is 1.17 bits per heavy atom. The molecule has 0 radical (unpaired) electrons. The Labute approximate surface area is 302 Å². The molecule has 0 fully saturated rings. The summed E-state index contributed by atoms with van der Waals surface area (Å²) in [6.45, 7) is 9.60. The number of para-hydroxylation sites is 2. The standard InChI is InChI=1S/C46H38N4O2/c1-45(2)27-51-43(47-45)29-13-19-33(20-14-29)49-39-11-7-5-9-35(39)37-25-31(17-23-41(37)49)32-18-24-42-38(26-32)36-10-6-8-12-40(36)50(42)34-21-15-30(16-22-34)44-48-46(3,4)28-52-44/h5-26H,27-28H2,1-4H3. The summed E-state index contributed by atoms with van der Waals surface area (Å²) in [5.41, 5.74) is 10.9. The highest BCUT2D eigenvalue weighted by Gasteiger charge is 2.28. The van der Waals surface area contributed by atoms with E-state index in [0.717, 1.165) is 34.3 Å². The molecule has 8 aromatic rings. The Kier molecular flexibility index (Phi) is 6.59. The van der Waals surface area contributed by atoms with Crippen LogP contribution in [0, 0.1) is 0 Å². The summed E-state index contributed by atoms with van der Waals surface area (Å²) >= 11 is 0. The van der Waals surface area contributed by atoms with Crippen molar-refractivity contribution in [2.24, 2.45) is 9.98 Å². The molecule has 0 atom stereocenters. The van der Waals surface area contributed by atoms with Crippen molar-refractivity contribution in [1.82, 2.24) is 9.13 Å². The van der Waals surface area contributed by atoms with Gasteiger partial charge in [-0.1, -0.05) is 48.5 Å². The Morgan fingerprint density at radius 2 is 0.788 bits per heavy atom. The number of hydrogen-bond acceptors (Lipinski definition) is 4. The minimum absolute atomic E-state index is 0.189. The largest absolute Gasteiger partial charge is 0.475 e. The summed E-state index contributed by atoms with van der Waals surface area (Å²) in [5, 5.41) is 4.91. The van der Waals surface area contributed by atoms with Gasteiger partial charge in [-0.25, -0.2) is 9.98 Å². The topological polar surface area (TPSA) is 53.0 Å². The van der Waals surface area contributed by atoms with Gasteiger partial charge in [-0.3, -0.25) is 0 Å². The fourth-order valence-corrected chi connectivity index (χ4v) is 7.83. The zero-order valence-corrected chi connectivity index (χ0v) is 29.7. The van der Waals surface area contributed by atoms with Crippen LogP contribution in [0.5, 0.6) is 0 Å². The lowest BCUT2D eigenvalue weighted by molar-refractivity contribution is 0.279. The monoisotopic (exact) mass is 678 g/mol. The molecule has 6 heteroatoms. The molecule has 0 aliphatic carbocycles. The maximum Gasteiger partial charge on any atom is 0.216 e. The fraction of sp³-hybridized carbons (Fsp3) is 0.174. The first-order chi connectivity index (χ1) is 25.2. The summed E-state index contributed by atoms with van der Waals surface area (Å²) in [4.78, 5) is 9.54. The van der Waals surface area contributed by atoms with Crippen LogP contribution < -0.4 is 0 Å². The Morgan fingerprint density at radius 1 is 0.423 bits per heavy atom. The number of fused-ring (bicyclic) bond motifs is 6. The molecule has 0 spiro atoms. The molecule has 0 saturated carbocycles. The lowest BCUT2D eigenvalue weighted by Crippen LogP contribution is -2.17. The van der Waals surface area contributed by atoms with Gasteiger partial charge in [0, 0.05) is 44.0 Å². The molecule has 254 valence electrons. The van der Waals surface area contributed by atoms with Crippen LogP contribution in [0.4, 0.5) is 0 Å². The number of nitrogens with zero attached hydrogens (tertiary/aromatic N) is 4. The molecule has 2 aromatic heterocycles. The van der Waals surface area contributed by atoms with Crippen LogP contribution in [0.25, 0.3) is 66.1 Å². The van der Waals surface area contributed by atoms with Crippen molar-refractivity contribution >= 4 is 55.4 Å². The Hall–Kier alpha value is -6.14. The Bertz CT molecular complexity index is 2590. The number of ether oxygens (including phenoxy) is 2. The van der Waals surface area contributed by atoms with E-state index in [1.165, 1.54) is 54.7 Å². The van der Waals surface area contributed by atoms with E-state index in [1.54, 1.807) is 0 Å². The van der Waals surface area contributed by atoms with Crippen LogP contribution in [-0.2, 0) is 9.47 Å². The van der Waals surface area contributed by atoms with Gasteiger partial charge < -0.3 is 18.6 Å². The first-order valence-corrected chi connectivity index (χ1v) is 18.0. The highest BCUT2D eigenvalue weighted by Crippen LogP contribution is 2.38. The Balaban J connectivity index is 1.05. The lowest BCUT2D eigenvalue weighted by atomic mass is 10.0. The summed E-state index contributed by atoms with van der Waals surface area (Å²) in [6, 6.07) is 48.2. The predicted octanol–water partition coefficient (Wildman–Crippen LogP) is 10.7. The summed E-state index contributed by atoms with van der Waals surface area (Å²) in [5.74, 6) is 1.44. The van der Waals surface area contributed by atoms with Crippen molar-refractivity contribution < 1.29 is 9.47 Å². The van der Waals surface area contributed by atoms with Crippen molar-refractivity contribution in [2.45, 2.75) is 38.8 Å². The number of aromatic nitrogens is 2. The smallest absolute Gasteiger partial charge is 0.216 e. The molecule has 4 heterocycles. The van der Waals surface area contributed by atoms with E-state index < -0.39 is 0 Å². The molecular weight excluding hydrogens is 641 g/mol. The van der Waals surface area contributed by atoms with E-state index in [9.17, 15) is 0 Å². The van der Waals surface area contributed by atoms with Crippen molar-refractivity contribution in [1.29, 1.82) is 0 Å². The van der Waals surface area contributed by atoms with Gasteiger partial charge in [-0.05, 0) is 124 Å². The third kappa shape index (κ3) is 4.93. The molecule has 0 N–H and O–H groups in total. The molecule has 6 nitrogen and oxygen atoms in total. The average molecular weight is 679 g/mol. The zero-order valence-electron chi connectivity index (χ0n) is 29.7. The SMILES string of the molecule is CC1(C)COC(c2ccc(-n3c4ccccc4c4cc(-c5ccc6c(c5)c5ccccc5n6-c5ccc(C6=NC(C)(C)CO6)cc5)ccc43)cc2)=N1. The van der Waals surface area contributed by atoms with Gasteiger partial charge in [0.15, 0.2) is 0 Å². The predicted molar refractivity (Wildman–Crippen MR) is 214 cm³/mol. The molecule has 52 heavy (non-hydrogen) atoms. The molecule has 0 amide bonds. The maximum absolute atomic E-state index is 5.92. The number of benzene rings is 6. The van der Waals surface area contributed by atoms with Crippen LogP contribution in [0.2, 0.25) is 0 Å². The van der Waals surface area contributed by atoms with E-state index in [-0.39, 0.29) is 11.1 Å². The van der Waals surface area contributed by atoms with Gasteiger partial charge >= 0.3 is 0 Å². The highest BCUT2D eigenvalue weighted by atomic mass is 16.5. The summed E-state index contributed by atoms with van der Waals surface area (Å²) in [7, 11) is 0. The second-order valence-corrected chi connectivity index (χ2v) is 15.3. The minimum Gasteiger partial charge on any atom is -0.475 e. The molecule has 6 aromatic carbocycles. The van der Waals surface area contributed by atoms with Crippen LogP contribution in [0.3, 0.4) is 0 Å². The van der Waals surface area contributed by atoms with Gasteiger partial charge in [-0.2, -0.15) is 0 Å². The van der Waals surface area contributed by atoms with E-state index in [1.807, 2.05) is 0 Å². The van der Waals surface area contributed by atoms with E-state index >= 15 is 0 Å². The molecule has 0 bridgehead atoms. The average Bonchev–Trinajstić information content (AvgIpc) is 3.91. The molecule has 2 aliphatic rings. The molecule has 0 unspecified atom stereocenters. The van der Waals surface area contributed by atoms with Crippen molar-refractivity contribution in [3.8, 4) is 22.5 Å². The van der Waals surface area contributed by atoms with Crippen LogP contribution in [-0.4, -0.2) is 45.2 Å². The quantitative estimate of drug-likeness (QED) is 0.182. The van der Waals surface area contributed by atoms with Crippen molar-refractivity contribution in [2.75, 3.05) is 13.2 Å². The maximum atomic E-state index is 5.92. The van der Waals surface area contributed by atoms with Crippen LogP contribution in [0.15, 0.2) is 143 Å². The van der Waals surface area contributed by atoms with Crippen molar-refractivity contribution in [3.05, 3.63) is 145 Å². The van der Waals surface area contributed by atoms with Gasteiger partial charge in [0.05, 0.1) is 33.1 Å². The molecule has 10 rings (SSSR count). The van der Waals surface area contributed by atoms with Crippen molar-refractivity contribution in [3.63, 3.8) is 0 Å². The van der Waals surface area contributed by atoms with Gasteiger partial charge in [0.1, 0.15) is 13.2 Å². The number of hydrogen-bond donors (Lipinski definition) is 0. The normalized spacial score (nSPS) is 16.4. The second-order valence-electron chi connectivity index (χ2n) is 15.3. The van der Waals surface area contributed by atoms with E-state index in [4.69, 9.17) is 19.5 Å². The lowest BCUT2D eigenvalue weighted by Gasteiger charge is -2.10. The molecule has 2 aliphatic heterocycles. The van der Waals surface area contributed by atoms with E-state index in [0.29, 0.717) is 13.2 Å². The van der Waals surface area contributed by atoms with Crippen LogP contribution >= 0.6 is 0 Å². The van der Waals surface area contributed by atoms with Gasteiger partial charge in [0.2, 0.25) is 11.8 Å². The molecule has 0 saturated heterocycles. The summed E-state index contributed by atoms with van der Waals surface area (Å²) < 4.78 is 16.5. The van der Waals surface area contributed by atoms with Gasteiger partial charge in [0.25, 0.3) is 0 Å². The highest BCUT2D eigenvalue weighted by molar-refractivity contribution is 6.13. The van der Waals surface area contributed by atoms with Gasteiger partial charge in [-0.15, -0.1) is 0 Å². The van der Waals surface area contributed by atoms with E-state index in [2.05, 4.69) is 170 Å². The number of rotatable bonds is 5. The second kappa shape index (κ2) is 11.2. The first-order valence-electron chi connectivity index (χ1n) is 18.0. The third-order valence-corrected chi connectivity index (χ3v) is 10.4. The molecular formula is C46H38N4O2. The minimum atomic E-state index is -0.189. The summed E-state index contributed by atoms with van der Waals surface area (Å²) in [6.07, 6.45) is 0.